The summed E-state index contributed by atoms with van der Waals surface area (Å²) < 4.78 is 170. The number of nitrogens with zero attached hydrogens (tertiary/aromatic N) is 11. The van der Waals surface area contributed by atoms with Gasteiger partial charge in [-0.05, 0) is 108 Å². The zero-order valence-corrected chi connectivity index (χ0v) is 54.8. The van der Waals surface area contributed by atoms with Crippen LogP contribution >= 0.6 is 22.9 Å². The van der Waals surface area contributed by atoms with Crippen molar-refractivity contribution in [3.8, 4) is 23.1 Å². The van der Waals surface area contributed by atoms with Gasteiger partial charge in [-0.3, -0.25) is 8.42 Å². The Bertz CT molecular complexity index is 5150. The minimum atomic E-state index is -5.27. The molecule has 0 spiro atoms. The van der Waals surface area contributed by atoms with Crippen LogP contribution in [0.1, 0.15) is 11.1 Å². The molecule has 0 aliphatic rings. The van der Waals surface area contributed by atoms with Crippen LogP contribution in [-0.4, -0.2) is 89.4 Å². The van der Waals surface area contributed by atoms with Crippen molar-refractivity contribution >= 4 is 152 Å². The van der Waals surface area contributed by atoms with Crippen molar-refractivity contribution in [2.24, 2.45) is 37.7 Å². The molecular weight excluding hydrogens is 1330 g/mol. The van der Waals surface area contributed by atoms with Crippen LogP contribution in [0, 0.1) is 24.3 Å². The van der Waals surface area contributed by atoms with Crippen molar-refractivity contribution in [1.82, 2.24) is 19.7 Å². The van der Waals surface area contributed by atoms with Crippen molar-refractivity contribution in [3.05, 3.63) is 168 Å². The Kier molecular flexibility index (Phi) is 29.5. The number of benzene rings is 7. The first kappa shape index (κ1) is 80.5. The number of halogens is 1. The summed E-state index contributed by atoms with van der Waals surface area (Å²) in [5.41, 5.74) is 1.42. The molecule has 0 amide bonds. The SMILES string of the molecule is Cc1c(C#N)c(Nc2ccc(S(=O)(=O)[O-])cc2)nc(Nc2ccc(S(=O)(=O)[O-])cc2)c1N=Nc1nc(-c2ccc3ccccc3c2)c(N=Nc2cc(S(=O)(=O)[O-])c3c[c-]cc(S(=O)(=O)[O-])c3c2)s1.Cn1nccc1N=Nc1ccc(O)c(Cl)c1.O=S(=O)=O.[Li+].[Li+].[Li+].[Li+].[Li+]. The maximum Gasteiger partial charge on any atom is 1.00 e. The maximum absolute atomic E-state index is 12.4. The van der Waals surface area contributed by atoms with E-state index < -0.39 is 76.0 Å². The zero-order valence-electron chi connectivity index (χ0n) is 49.2. The molecule has 10 aromatic rings. The molecule has 0 atom stereocenters. The number of hydrogen-bond donors (Lipinski definition) is 3. The van der Waals surface area contributed by atoms with E-state index in [-0.39, 0.29) is 172 Å². The largest absolute Gasteiger partial charge is 1.00 e. The van der Waals surface area contributed by atoms with Gasteiger partial charge in [-0.25, -0.2) is 39.9 Å². The minimum Gasteiger partial charge on any atom is -0.754 e. The van der Waals surface area contributed by atoms with Gasteiger partial charge in [-0.2, -0.15) is 28.6 Å². The van der Waals surface area contributed by atoms with Crippen LogP contribution in [0.25, 0.3) is 32.8 Å². The summed E-state index contributed by atoms with van der Waals surface area (Å²) in [6.07, 6.45) is 1.64. The molecule has 0 saturated carbocycles. The van der Waals surface area contributed by atoms with Gasteiger partial charge in [-0.15, -0.1) is 54.1 Å². The molecule has 0 bridgehead atoms. The molecule has 3 heterocycles. The van der Waals surface area contributed by atoms with E-state index in [0.29, 0.717) is 17.1 Å². The maximum atomic E-state index is 12.4. The topological polar surface area (TPSA) is 466 Å². The van der Waals surface area contributed by atoms with Gasteiger partial charge in [0, 0.05) is 40.5 Å². The predicted octanol–water partition coefficient (Wildman–Crippen LogP) is -4.36. The fraction of sp³-hybridized carbons (Fsp3) is 0.0385. The number of thiazole rings is 1. The van der Waals surface area contributed by atoms with Crippen molar-refractivity contribution in [2.75, 3.05) is 10.6 Å². The number of phenolic OH excluding ortho intramolecular Hbond substituents is 1. The Balaban J connectivity index is 0.000000773. The number of aromatic nitrogens is 4. The van der Waals surface area contributed by atoms with Gasteiger partial charge in [0.2, 0.25) is 5.13 Å². The normalized spacial score (nSPS) is 11.3. The molecule has 0 saturated heterocycles. The first-order chi connectivity index (χ1) is 41.5. The quantitative estimate of drug-likeness (QED) is 0.0378. The number of azo groups is 3. The van der Waals surface area contributed by atoms with E-state index in [4.69, 9.17) is 24.2 Å². The zero-order chi connectivity index (χ0) is 63.9. The number of pyridine rings is 1. The van der Waals surface area contributed by atoms with Gasteiger partial charge in [0.1, 0.15) is 53.6 Å². The second kappa shape index (κ2) is 34.1. The van der Waals surface area contributed by atoms with E-state index in [1.807, 2.05) is 36.4 Å². The molecule has 3 aromatic heterocycles. The summed E-state index contributed by atoms with van der Waals surface area (Å²) >= 11 is 6.56. The molecule has 0 aliphatic carbocycles. The Hall–Kier alpha value is -6.72. The van der Waals surface area contributed by atoms with Crippen LogP contribution in [0.2, 0.25) is 5.02 Å². The first-order valence-corrected chi connectivity index (χ1v) is 31.8. The molecule has 3 N–H and O–H groups in total. The number of hydrogen-bond acceptors (Lipinski definition) is 29. The average Bonchev–Trinajstić information content (AvgIpc) is 1.07. The van der Waals surface area contributed by atoms with Crippen LogP contribution in [0.5, 0.6) is 5.75 Å². The van der Waals surface area contributed by atoms with Gasteiger partial charge in [0.25, 0.3) is 0 Å². The second-order valence-electron chi connectivity index (χ2n) is 17.6. The monoisotopic (exact) mass is 1360 g/mol. The van der Waals surface area contributed by atoms with E-state index in [2.05, 4.69) is 62.5 Å². The van der Waals surface area contributed by atoms with Crippen molar-refractivity contribution in [2.45, 2.75) is 26.5 Å². The van der Waals surface area contributed by atoms with E-state index >= 15 is 0 Å². The summed E-state index contributed by atoms with van der Waals surface area (Å²) in [5.74, 6) is 0.525. The summed E-state index contributed by atoms with van der Waals surface area (Å²) in [7, 11) is -21.4. The summed E-state index contributed by atoms with van der Waals surface area (Å²) in [4.78, 5) is 6.43. The molecule has 29 nitrogen and oxygen atoms in total. The van der Waals surface area contributed by atoms with Gasteiger partial charge >= 0.3 is 105 Å². The smallest absolute Gasteiger partial charge is 0.754 e. The molecular formula is C52H33ClLi5N13O16S6. The second-order valence-corrected chi connectivity index (χ2v) is 24.8. The fourth-order valence-electron chi connectivity index (χ4n) is 7.79. The molecule has 41 heteroatoms. The molecule has 93 heavy (non-hydrogen) atoms. The van der Waals surface area contributed by atoms with Crippen LogP contribution in [0.3, 0.4) is 0 Å². The first-order valence-electron chi connectivity index (χ1n) is 24.0. The standard InChI is InChI=1S/C42H28N9O12S5.C10H9ClN4O.5Li.O3S/c1-23-34(22-43)39(44-27-11-15-30(16-12-27)65(52,53)54)47-40(45-28-13-17-31(18-14-28)66(55,56)57)37(23)49-51-42-46-38(26-10-9-24-5-2-3-6-25(24)19-26)41(64-42)50-48-29-20-33-32(36(21-29)68(61,62)63)7-4-8-35(33)67(58,59)60;1-15-10(4-5-12-15)14-13-7-2-3-9(16)8(11)6-7;;;;;;1-4(2)3/h2-3,5-21H,1H3,(H2,44,45,47)(H,52,53,54)(H,55,56,57)(H,58,59,60)(H,61,62,63);2-6,16H,1H3;;;;;;/q-1;;5*+1;/p-4. The minimum absolute atomic E-state index is 0. The van der Waals surface area contributed by atoms with Crippen molar-refractivity contribution in [3.63, 3.8) is 0 Å². The molecule has 0 aliphatic heterocycles. The third-order valence-corrected chi connectivity index (χ3v) is 16.4. The van der Waals surface area contributed by atoms with E-state index in [0.717, 1.165) is 70.6 Å². The number of aryl methyl sites for hydroxylation is 1. The third-order valence-electron chi connectivity index (χ3n) is 11.8. The molecule has 0 fully saturated rings. The number of phenols is 1. The van der Waals surface area contributed by atoms with Gasteiger partial charge in [-0.1, -0.05) is 59.3 Å². The Morgan fingerprint density at radius 3 is 1.73 bits per heavy atom. The van der Waals surface area contributed by atoms with E-state index in [9.17, 15) is 62.3 Å². The van der Waals surface area contributed by atoms with Crippen LogP contribution in [0.4, 0.5) is 56.0 Å². The van der Waals surface area contributed by atoms with Crippen LogP contribution in [-0.2, 0) is 58.1 Å². The molecule has 7 aromatic carbocycles. The number of aromatic hydroxyl groups is 1. The Labute approximate surface area is 600 Å². The predicted molar refractivity (Wildman–Crippen MR) is 311 cm³/mol. The van der Waals surface area contributed by atoms with Gasteiger partial charge < -0.3 is 34.0 Å². The van der Waals surface area contributed by atoms with Crippen molar-refractivity contribution < 1.29 is 164 Å². The number of nitriles is 1. The summed E-state index contributed by atoms with van der Waals surface area (Å²) in [6.45, 7) is 1.51. The third kappa shape index (κ3) is 21.1. The molecule has 0 unspecified atom stereocenters. The van der Waals surface area contributed by atoms with Gasteiger partial charge in [0.15, 0.2) is 22.5 Å². The number of rotatable bonds is 15. The molecule has 0 radical (unpaired) electrons. The molecule has 450 valence electrons. The fourth-order valence-corrected chi connectivity index (χ4v) is 11.0. The number of anilines is 4. The number of fused-ring (bicyclic) bond motifs is 2. The summed E-state index contributed by atoms with van der Waals surface area (Å²) in [6, 6.07) is 36.6. The van der Waals surface area contributed by atoms with Gasteiger partial charge in [0.05, 0.1) is 48.1 Å². The van der Waals surface area contributed by atoms with E-state index in [1.165, 1.54) is 43.3 Å². The average molecular weight is 1360 g/mol. The van der Waals surface area contributed by atoms with Crippen molar-refractivity contribution in [1.29, 1.82) is 5.26 Å². The molecule has 10 rings (SSSR count). The van der Waals surface area contributed by atoms with E-state index in [1.54, 1.807) is 42.2 Å². The van der Waals surface area contributed by atoms with Crippen LogP contribution < -0.4 is 105 Å². The Morgan fingerprint density at radius 1 is 0.624 bits per heavy atom. The Morgan fingerprint density at radius 2 is 1.19 bits per heavy atom. The summed E-state index contributed by atoms with van der Waals surface area (Å²) in [5, 5.41) is 55.7. The number of nitrogens with one attached hydrogen (secondary N) is 2. The van der Waals surface area contributed by atoms with Crippen LogP contribution in [0.15, 0.2) is 196 Å².